The standard InChI is InChI=1S/C34H41N5O2/c1-22(17-39(4)21-34(3)8-9-34)36-10-5-23-11-25-18-41-29-14-24(13-26-19-40-28(12-23)31(25)32(26)29)27-15-37-30(38-27)16-35-20-33(2)6-7-33/h5,10-15,35H,6-9,16-21H2,1-4H3,(H,37,38)/b10-5+,36-22?. The zero-order valence-corrected chi connectivity index (χ0v) is 24.8. The third kappa shape index (κ3) is 5.70. The number of benzene rings is 2. The predicted molar refractivity (Wildman–Crippen MR) is 164 cm³/mol. The molecule has 3 aromatic rings. The maximum absolute atomic E-state index is 6.32. The van der Waals surface area contributed by atoms with Gasteiger partial charge < -0.3 is 24.7 Å². The van der Waals surface area contributed by atoms with E-state index in [1.54, 1.807) is 0 Å². The first kappa shape index (κ1) is 26.5. The summed E-state index contributed by atoms with van der Waals surface area (Å²) in [5.74, 6) is 2.79. The number of aliphatic imine (C=N–C) groups is 1. The van der Waals surface area contributed by atoms with E-state index in [1.165, 1.54) is 25.7 Å². The van der Waals surface area contributed by atoms with Gasteiger partial charge in [-0.25, -0.2) is 4.98 Å². The highest BCUT2D eigenvalue weighted by Crippen LogP contribution is 2.50. The first-order chi connectivity index (χ1) is 19.8. The molecule has 7 heteroatoms. The molecule has 7 nitrogen and oxygen atoms in total. The summed E-state index contributed by atoms with van der Waals surface area (Å²) in [6.45, 7) is 11.7. The lowest BCUT2D eigenvalue weighted by atomic mass is 9.88. The smallest absolute Gasteiger partial charge is 0.128 e. The lowest BCUT2D eigenvalue weighted by Crippen LogP contribution is -2.29. The zero-order valence-electron chi connectivity index (χ0n) is 24.8. The largest absolute Gasteiger partial charge is 0.488 e. The van der Waals surface area contributed by atoms with Crippen LogP contribution in [0.4, 0.5) is 0 Å². The van der Waals surface area contributed by atoms with E-state index in [0.717, 1.165) is 88.3 Å². The van der Waals surface area contributed by atoms with Gasteiger partial charge in [0.05, 0.1) is 18.4 Å². The van der Waals surface area contributed by atoms with Crippen molar-refractivity contribution in [3.63, 3.8) is 0 Å². The van der Waals surface area contributed by atoms with Gasteiger partial charge in [0.25, 0.3) is 0 Å². The summed E-state index contributed by atoms with van der Waals surface area (Å²) in [6.07, 6.45) is 11.2. The van der Waals surface area contributed by atoms with Gasteiger partial charge in [0.1, 0.15) is 30.5 Å². The van der Waals surface area contributed by atoms with Crippen LogP contribution in [-0.4, -0.2) is 47.3 Å². The molecule has 0 atom stereocenters. The van der Waals surface area contributed by atoms with Crippen molar-refractivity contribution in [2.45, 2.75) is 66.2 Å². The second kappa shape index (κ2) is 10.1. The number of nitrogens with one attached hydrogen (secondary N) is 2. The van der Waals surface area contributed by atoms with E-state index in [2.05, 4.69) is 78.3 Å². The van der Waals surface area contributed by atoms with Crippen molar-refractivity contribution in [3.05, 3.63) is 59.2 Å². The van der Waals surface area contributed by atoms with Crippen molar-refractivity contribution in [2.24, 2.45) is 15.8 Å². The van der Waals surface area contributed by atoms with E-state index in [-0.39, 0.29) is 0 Å². The van der Waals surface area contributed by atoms with Gasteiger partial charge in [-0.15, -0.1) is 0 Å². The van der Waals surface area contributed by atoms with Gasteiger partial charge in [-0.3, -0.25) is 4.99 Å². The van der Waals surface area contributed by atoms with Gasteiger partial charge in [0.2, 0.25) is 0 Å². The van der Waals surface area contributed by atoms with E-state index in [4.69, 9.17) is 14.5 Å². The Morgan fingerprint density at radius 2 is 1.73 bits per heavy atom. The summed E-state index contributed by atoms with van der Waals surface area (Å²) in [4.78, 5) is 15.2. The second-order valence-electron chi connectivity index (χ2n) is 13.5. The highest BCUT2D eigenvalue weighted by atomic mass is 16.5. The molecule has 4 aliphatic rings. The predicted octanol–water partition coefficient (Wildman–Crippen LogP) is 6.58. The van der Waals surface area contributed by atoms with Crippen molar-refractivity contribution in [1.82, 2.24) is 20.2 Å². The summed E-state index contributed by atoms with van der Waals surface area (Å²) in [5.41, 5.74) is 9.90. The average Bonchev–Trinajstić information content (AvgIpc) is 3.80. The number of H-pyrrole nitrogens is 1. The third-order valence-corrected chi connectivity index (χ3v) is 9.11. The molecule has 0 saturated heterocycles. The molecule has 2 saturated carbocycles. The van der Waals surface area contributed by atoms with E-state index < -0.39 is 0 Å². The van der Waals surface area contributed by atoms with Gasteiger partial charge in [0, 0.05) is 59.4 Å². The Labute approximate surface area is 243 Å². The summed E-state index contributed by atoms with van der Waals surface area (Å²) in [5, 5.41) is 3.55. The molecule has 2 aromatic carbocycles. The van der Waals surface area contributed by atoms with E-state index >= 15 is 0 Å². The molecule has 7 rings (SSSR count). The van der Waals surface area contributed by atoms with Gasteiger partial charge >= 0.3 is 0 Å². The molecule has 2 aliphatic carbocycles. The van der Waals surface area contributed by atoms with Crippen molar-refractivity contribution < 1.29 is 9.47 Å². The Bertz CT molecular complexity index is 1490. The number of aromatic nitrogens is 2. The first-order valence-corrected chi connectivity index (χ1v) is 15.0. The van der Waals surface area contributed by atoms with Crippen molar-refractivity contribution in [2.75, 3.05) is 26.7 Å². The molecule has 0 radical (unpaired) electrons. The van der Waals surface area contributed by atoms with Crippen molar-refractivity contribution in [1.29, 1.82) is 0 Å². The molecule has 2 aliphatic heterocycles. The third-order valence-electron chi connectivity index (χ3n) is 9.11. The quantitative estimate of drug-likeness (QED) is 0.263. The molecule has 41 heavy (non-hydrogen) atoms. The van der Waals surface area contributed by atoms with Gasteiger partial charge in [-0.2, -0.15) is 0 Å². The number of imidazole rings is 1. The van der Waals surface area contributed by atoms with Crippen LogP contribution >= 0.6 is 0 Å². The Morgan fingerprint density at radius 3 is 2.46 bits per heavy atom. The summed E-state index contributed by atoms with van der Waals surface area (Å²) < 4.78 is 12.6. The molecule has 0 unspecified atom stereocenters. The van der Waals surface area contributed by atoms with E-state index in [1.807, 2.05) is 12.4 Å². The van der Waals surface area contributed by atoms with Crippen LogP contribution in [0.3, 0.4) is 0 Å². The van der Waals surface area contributed by atoms with Crippen LogP contribution in [0.25, 0.3) is 28.5 Å². The van der Waals surface area contributed by atoms with Crippen LogP contribution in [0.15, 0.2) is 41.7 Å². The number of hydrogen-bond donors (Lipinski definition) is 2. The fraction of sp³-hybridized carbons (Fsp3) is 0.471. The van der Waals surface area contributed by atoms with Crippen LogP contribution < -0.4 is 14.8 Å². The van der Waals surface area contributed by atoms with Gasteiger partial charge in [-0.05, 0) is 86.4 Å². The van der Waals surface area contributed by atoms with Gasteiger partial charge in [0.15, 0.2) is 0 Å². The Hall–Kier alpha value is -3.42. The molecule has 2 fully saturated rings. The van der Waals surface area contributed by atoms with Crippen LogP contribution in [0.5, 0.6) is 11.5 Å². The minimum atomic E-state index is 0.484. The maximum atomic E-state index is 6.32. The van der Waals surface area contributed by atoms with Gasteiger partial charge in [-0.1, -0.05) is 13.8 Å². The average molecular weight is 552 g/mol. The second-order valence-corrected chi connectivity index (χ2v) is 13.5. The summed E-state index contributed by atoms with van der Waals surface area (Å²) in [6, 6.07) is 8.68. The number of aromatic amines is 1. The van der Waals surface area contributed by atoms with Crippen molar-refractivity contribution >= 4 is 11.8 Å². The SMILES string of the molecule is CC(CN(C)CC1(C)CC1)=N/C=C/c1cc2c3c(c1)OCc1cc(-c4cnc(CNCC5(C)CC5)[nH]4)cc(c1-3)OC2. The van der Waals surface area contributed by atoms with Crippen LogP contribution in [0.2, 0.25) is 0 Å². The molecule has 2 N–H and O–H groups in total. The summed E-state index contributed by atoms with van der Waals surface area (Å²) in [7, 11) is 2.19. The molecule has 3 heterocycles. The Balaban J connectivity index is 1.06. The fourth-order valence-corrected chi connectivity index (χ4v) is 6.19. The Morgan fingerprint density at radius 1 is 1.02 bits per heavy atom. The molecule has 214 valence electrons. The lowest BCUT2D eigenvalue weighted by Gasteiger charge is -2.30. The van der Waals surface area contributed by atoms with Crippen molar-refractivity contribution in [3.8, 4) is 33.9 Å². The molecule has 0 spiro atoms. The lowest BCUT2D eigenvalue weighted by molar-refractivity contribution is 0.278. The van der Waals surface area contributed by atoms with E-state index in [0.29, 0.717) is 24.0 Å². The number of ether oxygens (including phenoxy) is 2. The normalized spacial score (nSPS) is 19.2. The maximum Gasteiger partial charge on any atom is 0.128 e. The molecule has 0 bridgehead atoms. The Kier molecular flexibility index (Phi) is 6.55. The number of nitrogens with zero attached hydrogens (tertiary/aromatic N) is 3. The molecular formula is C34H41N5O2. The fourth-order valence-electron chi connectivity index (χ4n) is 6.19. The van der Waals surface area contributed by atoms with Crippen LogP contribution in [0, 0.1) is 10.8 Å². The monoisotopic (exact) mass is 551 g/mol. The number of hydrogen-bond acceptors (Lipinski definition) is 6. The summed E-state index contributed by atoms with van der Waals surface area (Å²) >= 11 is 0. The minimum absolute atomic E-state index is 0.484. The number of rotatable bonds is 11. The zero-order chi connectivity index (χ0) is 28.2. The highest BCUT2D eigenvalue weighted by molar-refractivity contribution is 5.88. The first-order valence-electron chi connectivity index (χ1n) is 15.0. The molecule has 0 amide bonds. The van der Waals surface area contributed by atoms with E-state index in [9.17, 15) is 0 Å². The molecular weight excluding hydrogens is 510 g/mol. The topological polar surface area (TPSA) is 74.8 Å². The van der Waals surface area contributed by atoms with Crippen LogP contribution in [-0.2, 0) is 19.8 Å². The van der Waals surface area contributed by atoms with Crippen LogP contribution in [0.1, 0.15) is 69.0 Å². The highest BCUT2D eigenvalue weighted by Gasteiger charge is 2.38. The minimum Gasteiger partial charge on any atom is -0.488 e. The molecule has 1 aromatic heterocycles.